The van der Waals surface area contributed by atoms with Crippen LogP contribution in [0.1, 0.15) is 5.56 Å². The SMILES string of the molecule is Nc1cccc(NCc2ccc(F)c(Cl)c2)c1. The van der Waals surface area contributed by atoms with Gasteiger partial charge in [0.15, 0.2) is 0 Å². The molecule has 2 aromatic carbocycles. The van der Waals surface area contributed by atoms with E-state index in [1.165, 1.54) is 6.07 Å². The van der Waals surface area contributed by atoms with Crippen LogP contribution in [0.15, 0.2) is 42.5 Å². The van der Waals surface area contributed by atoms with Gasteiger partial charge in [-0.25, -0.2) is 4.39 Å². The third-order valence-corrected chi connectivity index (χ3v) is 2.66. The minimum Gasteiger partial charge on any atom is -0.399 e. The van der Waals surface area contributed by atoms with Crippen molar-refractivity contribution in [2.45, 2.75) is 6.54 Å². The van der Waals surface area contributed by atoms with Crippen molar-refractivity contribution >= 4 is 23.0 Å². The molecule has 0 aromatic heterocycles. The lowest BCUT2D eigenvalue weighted by Crippen LogP contribution is -2.00. The average Bonchev–Trinajstić information content (AvgIpc) is 2.31. The Morgan fingerprint density at radius 1 is 1.18 bits per heavy atom. The van der Waals surface area contributed by atoms with Gasteiger partial charge in [0.25, 0.3) is 0 Å². The molecule has 0 radical (unpaired) electrons. The van der Waals surface area contributed by atoms with Gasteiger partial charge >= 0.3 is 0 Å². The monoisotopic (exact) mass is 250 g/mol. The minimum atomic E-state index is -0.403. The maximum Gasteiger partial charge on any atom is 0.141 e. The van der Waals surface area contributed by atoms with Crippen molar-refractivity contribution < 1.29 is 4.39 Å². The number of hydrogen-bond acceptors (Lipinski definition) is 2. The minimum absolute atomic E-state index is 0.136. The topological polar surface area (TPSA) is 38.0 Å². The number of anilines is 2. The van der Waals surface area contributed by atoms with E-state index in [9.17, 15) is 4.39 Å². The van der Waals surface area contributed by atoms with Crippen molar-refractivity contribution in [3.8, 4) is 0 Å². The zero-order valence-corrected chi connectivity index (χ0v) is 9.84. The summed E-state index contributed by atoms with van der Waals surface area (Å²) in [5.74, 6) is -0.403. The van der Waals surface area contributed by atoms with Crippen molar-refractivity contribution in [3.63, 3.8) is 0 Å². The summed E-state index contributed by atoms with van der Waals surface area (Å²) in [7, 11) is 0. The molecular weight excluding hydrogens is 239 g/mol. The standard InChI is InChI=1S/C13H12ClFN2/c14-12-6-9(4-5-13(12)15)8-17-11-3-1-2-10(16)7-11/h1-7,17H,8,16H2. The number of nitrogen functional groups attached to an aromatic ring is 1. The third-order valence-electron chi connectivity index (χ3n) is 2.37. The molecule has 3 N–H and O–H groups in total. The molecule has 0 aliphatic rings. The number of hydrogen-bond donors (Lipinski definition) is 2. The Bertz CT molecular complexity index is 529. The predicted molar refractivity (Wildman–Crippen MR) is 69.6 cm³/mol. The highest BCUT2D eigenvalue weighted by Crippen LogP contribution is 2.18. The fourth-order valence-electron chi connectivity index (χ4n) is 1.50. The molecule has 4 heteroatoms. The molecule has 0 saturated heterocycles. The first kappa shape index (κ1) is 11.7. The molecule has 0 aliphatic carbocycles. The van der Waals surface area contributed by atoms with Crippen LogP contribution in [0.2, 0.25) is 5.02 Å². The van der Waals surface area contributed by atoms with E-state index in [1.807, 2.05) is 24.3 Å². The van der Waals surface area contributed by atoms with Gasteiger partial charge in [-0.15, -0.1) is 0 Å². The van der Waals surface area contributed by atoms with Gasteiger partial charge in [-0.2, -0.15) is 0 Å². The first-order valence-electron chi connectivity index (χ1n) is 5.18. The lowest BCUT2D eigenvalue weighted by atomic mass is 10.2. The molecule has 17 heavy (non-hydrogen) atoms. The van der Waals surface area contributed by atoms with E-state index in [2.05, 4.69) is 5.32 Å². The average molecular weight is 251 g/mol. The van der Waals surface area contributed by atoms with Gasteiger partial charge in [-0.05, 0) is 35.9 Å². The quantitative estimate of drug-likeness (QED) is 0.816. The van der Waals surface area contributed by atoms with Crippen molar-refractivity contribution in [1.82, 2.24) is 0 Å². The zero-order valence-electron chi connectivity index (χ0n) is 9.08. The van der Waals surface area contributed by atoms with E-state index in [4.69, 9.17) is 17.3 Å². The molecule has 2 rings (SSSR count). The molecule has 0 unspecified atom stereocenters. The fourth-order valence-corrected chi connectivity index (χ4v) is 1.71. The van der Waals surface area contributed by atoms with Gasteiger partial charge in [0.1, 0.15) is 5.82 Å². The highest BCUT2D eigenvalue weighted by atomic mass is 35.5. The van der Waals surface area contributed by atoms with Crippen molar-refractivity contribution in [2.24, 2.45) is 0 Å². The van der Waals surface area contributed by atoms with E-state index in [1.54, 1.807) is 12.1 Å². The summed E-state index contributed by atoms with van der Waals surface area (Å²) in [6, 6.07) is 12.1. The van der Waals surface area contributed by atoms with Crippen LogP contribution >= 0.6 is 11.6 Å². The Morgan fingerprint density at radius 3 is 2.71 bits per heavy atom. The summed E-state index contributed by atoms with van der Waals surface area (Å²) in [5.41, 5.74) is 8.20. The first-order chi connectivity index (χ1) is 8.15. The Hall–Kier alpha value is -1.74. The third kappa shape index (κ3) is 3.11. The van der Waals surface area contributed by atoms with Crippen molar-refractivity contribution in [3.05, 3.63) is 58.9 Å². The summed E-state index contributed by atoms with van der Waals surface area (Å²) in [4.78, 5) is 0. The van der Waals surface area contributed by atoms with Gasteiger partial charge in [0.2, 0.25) is 0 Å². The normalized spacial score (nSPS) is 10.2. The Balaban J connectivity index is 2.05. The lowest BCUT2D eigenvalue weighted by Gasteiger charge is -2.07. The number of halogens is 2. The highest BCUT2D eigenvalue weighted by molar-refractivity contribution is 6.30. The van der Waals surface area contributed by atoms with Crippen LogP contribution in [0, 0.1) is 5.82 Å². The smallest absolute Gasteiger partial charge is 0.141 e. The lowest BCUT2D eigenvalue weighted by molar-refractivity contribution is 0.627. The molecule has 0 fully saturated rings. The maximum atomic E-state index is 12.9. The molecular formula is C13H12ClFN2. The molecule has 0 bridgehead atoms. The largest absolute Gasteiger partial charge is 0.399 e. The Morgan fingerprint density at radius 2 is 2.00 bits per heavy atom. The van der Waals surface area contributed by atoms with E-state index in [0.717, 1.165) is 11.3 Å². The molecule has 0 saturated carbocycles. The second-order valence-corrected chi connectivity index (χ2v) is 4.13. The zero-order chi connectivity index (χ0) is 12.3. The molecule has 2 aromatic rings. The second-order valence-electron chi connectivity index (χ2n) is 3.73. The number of benzene rings is 2. The van der Waals surface area contributed by atoms with Crippen LogP contribution in [0.5, 0.6) is 0 Å². The number of nitrogens with one attached hydrogen (secondary N) is 1. The molecule has 0 heterocycles. The van der Waals surface area contributed by atoms with Gasteiger partial charge < -0.3 is 11.1 Å². The molecule has 0 aliphatic heterocycles. The van der Waals surface area contributed by atoms with E-state index in [-0.39, 0.29) is 5.02 Å². The van der Waals surface area contributed by atoms with Crippen LogP contribution in [0.3, 0.4) is 0 Å². The van der Waals surface area contributed by atoms with Gasteiger partial charge in [0, 0.05) is 17.9 Å². The van der Waals surface area contributed by atoms with Crippen LogP contribution in [0.4, 0.5) is 15.8 Å². The molecule has 0 spiro atoms. The molecule has 0 atom stereocenters. The molecule has 88 valence electrons. The van der Waals surface area contributed by atoms with Crippen LogP contribution < -0.4 is 11.1 Å². The summed E-state index contributed by atoms with van der Waals surface area (Å²) in [5, 5.41) is 3.32. The summed E-state index contributed by atoms with van der Waals surface area (Å²) in [6.45, 7) is 0.573. The maximum absolute atomic E-state index is 12.9. The number of nitrogens with two attached hydrogens (primary N) is 1. The predicted octanol–water partition coefficient (Wildman–Crippen LogP) is 3.67. The first-order valence-corrected chi connectivity index (χ1v) is 5.56. The summed E-state index contributed by atoms with van der Waals surface area (Å²) in [6.07, 6.45) is 0. The van der Waals surface area contributed by atoms with E-state index >= 15 is 0 Å². The van der Waals surface area contributed by atoms with Crippen LogP contribution in [-0.4, -0.2) is 0 Å². The Labute approximate surface area is 104 Å². The second kappa shape index (κ2) is 5.06. The Kier molecular flexibility index (Phi) is 3.49. The van der Waals surface area contributed by atoms with E-state index in [0.29, 0.717) is 12.2 Å². The summed E-state index contributed by atoms with van der Waals surface area (Å²) >= 11 is 5.70. The van der Waals surface area contributed by atoms with E-state index < -0.39 is 5.82 Å². The molecule has 0 amide bonds. The number of rotatable bonds is 3. The van der Waals surface area contributed by atoms with Crippen LogP contribution in [-0.2, 0) is 6.54 Å². The fraction of sp³-hybridized carbons (Fsp3) is 0.0769. The molecule has 2 nitrogen and oxygen atoms in total. The van der Waals surface area contributed by atoms with Crippen molar-refractivity contribution in [2.75, 3.05) is 11.1 Å². The van der Waals surface area contributed by atoms with Gasteiger partial charge in [-0.1, -0.05) is 23.7 Å². The highest BCUT2D eigenvalue weighted by Gasteiger charge is 2.00. The van der Waals surface area contributed by atoms with Crippen LogP contribution in [0.25, 0.3) is 0 Å². The summed E-state index contributed by atoms with van der Waals surface area (Å²) < 4.78 is 12.9. The van der Waals surface area contributed by atoms with Gasteiger partial charge in [0.05, 0.1) is 5.02 Å². The van der Waals surface area contributed by atoms with Gasteiger partial charge in [-0.3, -0.25) is 0 Å². The van der Waals surface area contributed by atoms with Crippen molar-refractivity contribution in [1.29, 1.82) is 0 Å².